The Bertz CT molecular complexity index is 585. The summed E-state index contributed by atoms with van der Waals surface area (Å²) in [6, 6.07) is 4.05. The number of rotatable bonds is 3. The number of aryl methyl sites for hydroxylation is 2. The first-order valence-corrected chi connectivity index (χ1v) is 6.25. The first kappa shape index (κ1) is 13.3. The molecule has 1 aliphatic heterocycles. The van der Waals surface area contributed by atoms with Gasteiger partial charge >= 0.3 is 5.97 Å². The van der Waals surface area contributed by atoms with E-state index in [-0.39, 0.29) is 0 Å². The molecule has 0 unspecified atom stereocenters. The van der Waals surface area contributed by atoms with E-state index in [9.17, 15) is 4.79 Å². The van der Waals surface area contributed by atoms with Gasteiger partial charge in [-0.2, -0.15) is 0 Å². The molecule has 0 fully saturated rings. The van der Waals surface area contributed by atoms with Crippen LogP contribution >= 0.6 is 0 Å². The van der Waals surface area contributed by atoms with Crippen LogP contribution in [0.5, 0.6) is 5.75 Å². The fourth-order valence-electron chi connectivity index (χ4n) is 2.11. The van der Waals surface area contributed by atoms with Crippen molar-refractivity contribution in [1.29, 1.82) is 0 Å². The molecule has 19 heavy (non-hydrogen) atoms. The predicted octanol–water partition coefficient (Wildman–Crippen LogP) is 3.02. The molecule has 1 heterocycles. The van der Waals surface area contributed by atoms with Gasteiger partial charge in [0, 0.05) is 5.56 Å². The first-order chi connectivity index (χ1) is 9.02. The number of carbonyl (C=O) groups excluding carboxylic acids is 1. The Balaban J connectivity index is 2.53. The second kappa shape index (κ2) is 5.26. The summed E-state index contributed by atoms with van der Waals surface area (Å²) in [4.78, 5) is 16.2. The molecular formula is C15H17NO3. The molecule has 4 heteroatoms. The van der Waals surface area contributed by atoms with E-state index in [2.05, 4.69) is 16.1 Å². The third-order valence-electron chi connectivity index (χ3n) is 2.91. The van der Waals surface area contributed by atoms with Crippen LogP contribution in [0, 0.1) is 13.8 Å². The van der Waals surface area contributed by atoms with Crippen LogP contribution in [0.3, 0.4) is 0 Å². The van der Waals surface area contributed by atoms with E-state index in [1.165, 1.54) is 0 Å². The molecule has 100 valence electrons. The van der Waals surface area contributed by atoms with Crippen molar-refractivity contribution in [2.24, 2.45) is 5.16 Å². The van der Waals surface area contributed by atoms with Crippen molar-refractivity contribution >= 4 is 17.8 Å². The van der Waals surface area contributed by atoms with Gasteiger partial charge in [0.15, 0.2) is 0 Å². The zero-order valence-electron chi connectivity index (χ0n) is 11.6. The smallest absolute Gasteiger partial charge is 0.367 e. The van der Waals surface area contributed by atoms with E-state index in [0.717, 1.165) is 22.4 Å². The minimum absolute atomic E-state index is 0.417. The van der Waals surface area contributed by atoms with Crippen molar-refractivity contribution in [3.8, 4) is 5.75 Å². The van der Waals surface area contributed by atoms with Gasteiger partial charge in [-0.05, 0) is 45.4 Å². The summed E-state index contributed by atoms with van der Waals surface area (Å²) in [5.41, 5.74) is 4.11. The molecule has 1 aromatic rings. The summed E-state index contributed by atoms with van der Waals surface area (Å²) in [6.45, 7) is 8.27. The van der Waals surface area contributed by atoms with Crippen molar-refractivity contribution in [3.63, 3.8) is 0 Å². The summed E-state index contributed by atoms with van der Waals surface area (Å²) >= 11 is 0. The van der Waals surface area contributed by atoms with Crippen LogP contribution in [-0.4, -0.2) is 18.3 Å². The number of nitrogens with zero attached hydrogens (tertiary/aromatic N) is 1. The summed E-state index contributed by atoms with van der Waals surface area (Å²) in [6.07, 6.45) is 1.78. The first-order valence-electron chi connectivity index (χ1n) is 6.25. The van der Waals surface area contributed by atoms with Gasteiger partial charge in [0.2, 0.25) is 0 Å². The van der Waals surface area contributed by atoms with Gasteiger partial charge in [-0.3, -0.25) is 0 Å². The Kier molecular flexibility index (Phi) is 3.69. The highest BCUT2D eigenvalue weighted by atomic mass is 16.7. The van der Waals surface area contributed by atoms with Crippen molar-refractivity contribution < 1.29 is 14.4 Å². The summed E-state index contributed by atoms with van der Waals surface area (Å²) in [7, 11) is 0. The van der Waals surface area contributed by atoms with Gasteiger partial charge < -0.3 is 9.57 Å². The molecule has 0 spiro atoms. The number of carbonyl (C=O) groups is 1. The lowest BCUT2D eigenvalue weighted by molar-refractivity contribution is -0.136. The van der Waals surface area contributed by atoms with E-state index in [0.29, 0.717) is 17.9 Å². The average molecular weight is 259 g/mol. The molecule has 0 radical (unpaired) electrons. The van der Waals surface area contributed by atoms with Gasteiger partial charge in [0.05, 0.1) is 17.9 Å². The zero-order valence-corrected chi connectivity index (χ0v) is 11.6. The van der Waals surface area contributed by atoms with E-state index in [4.69, 9.17) is 4.74 Å². The molecule has 0 atom stereocenters. The van der Waals surface area contributed by atoms with Crippen LogP contribution in [-0.2, 0) is 9.63 Å². The van der Waals surface area contributed by atoms with Gasteiger partial charge in [-0.25, -0.2) is 4.79 Å². The fraction of sp³-hybridized carbons (Fsp3) is 0.333. The quantitative estimate of drug-likeness (QED) is 0.619. The monoisotopic (exact) mass is 259 g/mol. The topological polar surface area (TPSA) is 47.9 Å². The van der Waals surface area contributed by atoms with Crippen LogP contribution in [0.15, 0.2) is 22.9 Å². The number of hydrogen-bond acceptors (Lipinski definition) is 4. The van der Waals surface area contributed by atoms with Crippen LogP contribution in [0.1, 0.15) is 30.5 Å². The Morgan fingerprint density at radius 1 is 1.32 bits per heavy atom. The van der Waals surface area contributed by atoms with Crippen LogP contribution < -0.4 is 4.74 Å². The van der Waals surface area contributed by atoms with E-state index in [1.54, 1.807) is 13.0 Å². The lowest BCUT2D eigenvalue weighted by Gasteiger charge is -2.12. The largest absolute Gasteiger partial charge is 0.493 e. The standard InChI is InChI=1S/C15H17NO3/c1-5-18-14-10(3)6-9(2)7-12(14)8-13-11(4)16-19-15(13)17/h6-8H,5H2,1-4H3/b13-8-. The molecule has 2 rings (SSSR count). The highest BCUT2D eigenvalue weighted by Gasteiger charge is 2.22. The second-order valence-electron chi connectivity index (χ2n) is 4.55. The van der Waals surface area contributed by atoms with Gasteiger partial charge in [-0.1, -0.05) is 16.8 Å². The van der Waals surface area contributed by atoms with E-state index in [1.807, 2.05) is 26.8 Å². The summed E-state index contributed by atoms with van der Waals surface area (Å²) < 4.78 is 5.67. The molecular weight excluding hydrogens is 242 g/mol. The zero-order chi connectivity index (χ0) is 14.0. The highest BCUT2D eigenvalue weighted by Crippen LogP contribution is 2.28. The third-order valence-corrected chi connectivity index (χ3v) is 2.91. The minimum atomic E-state index is -0.417. The molecule has 1 aromatic carbocycles. The van der Waals surface area contributed by atoms with Crippen LogP contribution in [0.25, 0.3) is 6.08 Å². The second-order valence-corrected chi connectivity index (χ2v) is 4.55. The molecule has 0 amide bonds. The van der Waals surface area contributed by atoms with Crippen LogP contribution in [0.2, 0.25) is 0 Å². The molecule has 0 bridgehead atoms. The van der Waals surface area contributed by atoms with Crippen molar-refractivity contribution in [3.05, 3.63) is 34.4 Å². The van der Waals surface area contributed by atoms with Gasteiger partial charge in [0.25, 0.3) is 0 Å². The number of ether oxygens (including phenoxy) is 1. The van der Waals surface area contributed by atoms with Crippen LogP contribution in [0.4, 0.5) is 0 Å². The van der Waals surface area contributed by atoms with E-state index >= 15 is 0 Å². The molecule has 0 aromatic heterocycles. The number of oxime groups is 1. The molecule has 0 saturated heterocycles. The maximum Gasteiger partial charge on any atom is 0.367 e. The van der Waals surface area contributed by atoms with Crippen molar-refractivity contribution in [2.45, 2.75) is 27.7 Å². The average Bonchev–Trinajstić information content (AvgIpc) is 2.65. The lowest BCUT2D eigenvalue weighted by Crippen LogP contribution is -2.03. The summed E-state index contributed by atoms with van der Waals surface area (Å²) in [5.74, 6) is 0.382. The predicted molar refractivity (Wildman–Crippen MR) is 74.3 cm³/mol. The molecule has 0 aliphatic carbocycles. The number of hydrogen-bond donors (Lipinski definition) is 0. The minimum Gasteiger partial charge on any atom is -0.493 e. The van der Waals surface area contributed by atoms with Crippen molar-refractivity contribution in [1.82, 2.24) is 0 Å². The Hall–Kier alpha value is -2.10. The molecule has 4 nitrogen and oxygen atoms in total. The highest BCUT2D eigenvalue weighted by molar-refractivity contribution is 6.24. The normalized spacial score (nSPS) is 16.5. The maximum atomic E-state index is 11.6. The fourth-order valence-corrected chi connectivity index (χ4v) is 2.11. The Morgan fingerprint density at radius 3 is 2.63 bits per heavy atom. The SMILES string of the molecule is CCOc1c(C)cc(C)cc1/C=C1\C(=O)ON=C1C. The Labute approximate surface area is 112 Å². The third kappa shape index (κ3) is 2.67. The maximum absolute atomic E-state index is 11.6. The summed E-state index contributed by atoms with van der Waals surface area (Å²) in [5, 5.41) is 3.67. The molecule has 0 saturated carbocycles. The lowest BCUT2D eigenvalue weighted by atomic mass is 10.0. The van der Waals surface area contributed by atoms with Gasteiger partial charge in [-0.15, -0.1) is 0 Å². The Morgan fingerprint density at radius 2 is 2.05 bits per heavy atom. The van der Waals surface area contributed by atoms with E-state index < -0.39 is 5.97 Å². The van der Waals surface area contributed by atoms with Crippen molar-refractivity contribution in [2.75, 3.05) is 6.61 Å². The molecule has 1 aliphatic rings. The number of benzene rings is 1. The molecule has 0 N–H and O–H groups in total. The van der Waals surface area contributed by atoms with Gasteiger partial charge in [0.1, 0.15) is 5.75 Å².